The number of thioether (sulfide) groups is 1. The molecular formula is C21H20N2O5S2. The molecule has 0 atom stereocenters. The number of sulfonamides is 1. The van der Waals surface area contributed by atoms with Gasteiger partial charge < -0.3 is 9.84 Å². The van der Waals surface area contributed by atoms with Gasteiger partial charge in [-0.05, 0) is 54.6 Å². The maximum Gasteiger partial charge on any atom is 0.284 e. The number of benzene rings is 2. The monoisotopic (exact) mass is 444 g/mol. The van der Waals surface area contributed by atoms with Crippen LogP contribution in [-0.4, -0.2) is 43.2 Å². The van der Waals surface area contributed by atoms with Gasteiger partial charge in [0, 0.05) is 6.54 Å². The van der Waals surface area contributed by atoms with Gasteiger partial charge in [-0.15, -0.1) is 11.0 Å². The number of carbonyl (C=O) groups excluding carboxylic acids is 1. The first-order valence-electron chi connectivity index (χ1n) is 8.86. The summed E-state index contributed by atoms with van der Waals surface area (Å²) in [5.74, 6) is -0.145. The van der Waals surface area contributed by atoms with Crippen molar-refractivity contribution in [3.8, 4) is 11.5 Å². The Balaban J connectivity index is 1.99. The lowest BCUT2D eigenvalue weighted by atomic mass is 10.2. The van der Waals surface area contributed by atoms with Crippen molar-refractivity contribution in [1.82, 2.24) is 4.90 Å². The summed E-state index contributed by atoms with van der Waals surface area (Å²) in [6.45, 7) is 5.60. The molecular weight excluding hydrogens is 424 g/mol. The zero-order valence-electron chi connectivity index (χ0n) is 16.4. The van der Waals surface area contributed by atoms with Crippen LogP contribution in [0.2, 0.25) is 0 Å². The number of nitrogens with zero attached hydrogens (tertiary/aromatic N) is 2. The molecule has 30 heavy (non-hydrogen) atoms. The first kappa shape index (κ1) is 21.7. The van der Waals surface area contributed by atoms with Gasteiger partial charge in [0.05, 0.1) is 16.9 Å². The maximum atomic E-state index is 12.8. The number of phenols is 1. The zero-order chi connectivity index (χ0) is 21.9. The standard InChI is InChI=1S/C21H20N2O5S2/c1-4-11-23-20(25)19(13-15-7-10-17(24)18(12-15)28-3)29-21(23)22-30(26,27)16-8-5-14(2)6-9-16/h4-10,12-13,24H,1,11H2,2-3H3. The van der Waals surface area contributed by atoms with Gasteiger partial charge in [0.2, 0.25) is 0 Å². The van der Waals surface area contributed by atoms with Crippen LogP contribution in [0.15, 0.2) is 69.3 Å². The van der Waals surface area contributed by atoms with Crippen LogP contribution in [0.25, 0.3) is 6.08 Å². The Hall–Kier alpha value is -3.04. The van der Waals surface area contributed by atoms with E-state index in [1.165, 1.54) is 36.3 Å². The number of hydrogen-bond donors (Lipinski definition) is 1. The molecule has 0 radical (unpaired) electrons. The molecule has 1 aliphatic rings. The number of ether oxygens (including phenoxy) is 1. The lowest BCUT2D eigenvalue weighted by Gasteiger charge is -2.12. The Kier molecular flexibility index (Phi) is 6.33. The molecule has 2 aromatic rings. The van der Waals surface area contributed by atoms with E-state index in [-0.39, 0.29) is 34.0 Å². The first-order valence-corrected chi connectivity index (χ1v) is 11.1. The van der Waals surface area contributed by atoms with E-state index in [1.54, 1.807) is 30.3 Å². The fraction of sp³-hybridized carbons (Fsp3) is 0.143. The molecule has 2 aromatic carbocycles. The van der Waals surface area contributed by atoms with Crippen LogP contribution in [0.3, 0.4) is 0 Å². The molecule has 0 spiro atoms. The molecule has 1 aliphatic heterocycles. The van der Waals surface area contributed by atoms with E-state index in [4.69, 9.17) is 4.74 Å². The number of aryl methyl sites for hydroxylation is 1. The van der Waals surface area contributed by atoms with Gasteiger partial charge in [-0.3, -0.25) is 9.69 Å². The SMILES string of the molecule is C=CCN1C(=O)C(=Cc2ccc(O)c(OC)c2)SC1=NS(=O)(=O)c1ccc(C)cc1. The summed E-state index contributed by atoms with van der Waals surface area (Å²) < 4.78 is 34.4. The highest BCUT2D eigenvalue weighted by Crippen LogP contribution is 2.35. The van der Waals surface area contributed by atoms with E-state index in [9.17, 15) is 18.3 Å². The van der Waals surface area contributed by atoms with Crippen molar-refractivity contribution in [3.05, 3.63) is 71.2 Å². The Labute approximate surface area is 179 Å². The van der Waals surface area contributed by atoms with Gasteiger partial charge in [-0.1, -0.05) is 29.8 Å². The second kappa shape index (κ2) is 8.76. The van der Waals surface area contributed by atoms with Crippen molar-refractivity contribution < 1.29 is 23.1 Å². The number of rotatable bonds is 6. The minimum Gasteiger partial charge on any atom is -0.504 e. The second-order valence-electron chi connectivity index (χ2n) is 6.41. The molecule has 0 aliphatic carbocycles. The lowest BCUT2D eigenvalue weighted by molar-refractivity contribution is -0.121. The molecule has 0 bridgehead atoms. The molecule has 1 amide bonds. The Bertz CT molecular complexity index is 1150. The highest BCUT2D eigenvalue weighted by Gasteiger charge is 2.34. The van der Waals surface area contributed by atoms with Gasteiger partial charge in [0.25, 0.3) is 15.9 Å². The fourth-order valence-electron chi connectivity index (χ4n) is 2.67. The van der Waals surface area contributed by atoms with Crippen molar-refractivity contribution in [2.24, 2.45) is 4.40 Å². The van der Waals surface area contributed by atoms with Crippen molar-refractivity contribution in [2.75, 3.05) is 13.7 Å². The molecule has 0 aromatic heterocycles. The third kappa shape index (κ3) is 4.58. The molecule has 3 rings (SSSR count). The van der Waals surface area contributed by atoms with E-state index >= 15 is 0 Å². The predicted octanol–water partition coefficient (Wildman–Crippen LogP) is 3.56. The smallest absolute Gasteiger partial charge is 0.284 e. The molecule has 1 heterocycles. The number of carbonyl (C=O) groups is 1. The second-order valence-corrected chi connectivity index (χ2v) is 9.02. The van der Waals surface area contributed by atoms with E-state index < -0.39 is 10.0 Å². The van der Waals surface area contributed by atoms with Crippen LogP contribution in [-0.2, 0) is 14.8 Å². The summed E-state index contributed by atoms with van der Waals surface area (Å²) in [5, 5.41) is 9.79. The highest BCUT2D eigenvalue weighted by molar-refractivity contribution is 8.19. The van der Waals surface area contributed by atoms with Gasteiger partial charge in [-0.2, -0.15) is 8.42 Å². The van der Waals surface area contributed by atoms with Crippen LogP contribution >= 0.6 is 11.8 Å². The first-order chi connectivity index (χ1) is 14.2. The third-order valence-electron chi connectivity index (χ3n) is 4.22. The highest BCUT2D eigenvalue weighted by atomic mass is 32.2. The van der Waals surface area contributed by atoms with Crippen molar-refractivity contribution >= 4 is 38.9 Å². The summed E-state index contributed by atoms with van der Waals surface area (Å²) in [6, 6.07) is 11.0. The van der Waals surface area contributed by atoms with Crippen molar-refractivity contribution in [2.45, 2.75) is 11.8 Å². The summed E-state index contributed by atoms with van der Waals surface area (Å²) in [6.07, 6.45) is 3.09. The number of aromatic hydroxyl groups is 1. The Morgan fingerprint density at radius 2 is 1.93 bits per heavy atom. The average molecular weight is 445 g/mol. The van der Waals surface area contributed by atoms with E-state index in [0.717, 1.165) is 17.3 Å². The molecule has 9 heteroatoms. The van der Waals surface area contributed by atoms with Crippen molar-refractivity contribution in [1.29, 1.82) is 0 Å². The van der Waals surface area contributed by atoms with E-state index in [1.807, 2.05) is 6.92 Å². The molecule has 1 saturated heterocycles. The lowest BCUT2D eigenvalue weighted by Crippen LogP contribution is -2.29. The minimum absolute atomic E-state index is 0.0234. The summed E-state index contributed by atoms with van der Waals surface area (Å²) >= 11 is 0.961. The van der Waals surface area contributed by atoms with E-state index in [2.05, 4.69) is 11.0 Å². The Morgan fingerprint density at radius 3 is 2.57 bits per heavy atom. The zero-order valence-corrected chi connectivity index (χ0v) is 18.0. The molecule has 0 saturated carbocycles. The number of amidine groups is 1. The molecule has 0 unspecified atom stereocenters. The molecule has 1 N–H and O–H groups in total. The van der Waals surface area contributed by atoms with E-state index in [0.29, 0.717) is 10.5 Å². The van der Waals surface area contributed by atoms with Gasteiger partial charge >= 0.3 is 0 Å². The van der Waals surface area contributed by atoms with Gasteiger partial charge in [-0.25, -0.2) is 0 Å². The largest absolute Gasteiger partial charge is 0.504 e. The number of methoxy groups -OCH3 is 1. The van der Waals surface area contributed by atoms with Crippen LogP contribution in [0.4, 0.5) is 0 Å². The predicted molar refractivity (Wildman–Crippen MR) is 118 cm³/mol. The minimum atomic E-state index is -3.99. The average Bonchev–Trinajstić information content (AvgIpc) is 2.98. The molecule has 156 valence electrons. The van der Waals surface area contributed by atoms with Gasteiger partial charge in [0.1, 0.15) is 0 Å². The summed E-state index contributed by atoms with van der Waals surface area (Å²) in [5.41, 5.74) is 1.54. The molecule has 1 fully saturated rings. The number of phenolic OH excluding ortho intramolecular Hbond substituents is 1. The van der Waals surface area contributed by atoms with Crippen molar-refractivity contribution in [3.63, 3.8) is 0 Å². The van der Waals surface area contributed by atoms with Crippen LogP contribution in [0.1, 0.15) is 11.1 Å². The topological polar surface area (TPSA) is 96.3 Å². The maximum absolute atomic E-state index is 12.8. The molecule has 7 nitrogen and oxygen atoms in total. The normalized spacial score (nSPS) is 17.0. The van der Waals surface area contributed by atoms with Gasteiger partial charge in [0.15, 0.2) is 16.7 Å². The number of hydrogen-bond acceptors (Lipinski definition) is 6. The fourth-order valence-corrected chi connectivity index (χ4v) is 4.86. The number of amides is 1. The quantitative estimate of drug-likeness (QED) is 0.541. The summed E-state index contributed by atoms with van der Waals surface area (Å²) in [4.78, 5) is 14.4. The van der Waals surface area contributed by atoms with Crippen LogP contribution in [0.5, 0.6) is 11.5 Å². The third-order valence-corrected chi connectivity index (χ3v) is 6.62. The van der Waals surface area contributed by atoms with Crippen LogP contribution < -0.4 is 4.74 Å². The van der Waals surface area contributed by atoms with Crippen LogP contribution in [0, 0.1) is 6.92 Å². The summed E-state index contributed by atoms with van der Waals surface area (Å²) in [7, 11) is -2.56. The Morgan fingerprint density at radius 1 is 1.23 bits per heavy atom.